The largest absolute Gasteiger partial charge is 0.438 e. The molecule has 3 rings (SSSR count). The molecule has 150 valence electrons. The van der Waals surface area contributed by atoms with E-state index in [0.717, 1.165) is 13.1 Å². The highest BCUT2D eigenvalue weighted by Gasteiger charge is 2.35. The van der Waals surface area contributed by atoms with E-state index >= 15 is 0 Å². The predicted molar refractivity (Wildman–Crippen MR) is 98.1 cm³/mol. The molecular formula is C17H14ClF4N3O2S. The molecule has 0 N–H and O–H groups in total. The number of aromatic nitrogens is 3. The first-order chi connectivity index (χ1) is 12.7. The Morgan fingerprint density at radius 3 is 2.36 bits per heavy atom. The number of benzene rings is 1. The molecule has 0 bridgehead atoms. The van der Waals surface area contributed by atoms with Crippen LogP contribution in [-0.2, 0) is 18.6 Å². The molecule has 0 aliphatic heterocycles. The van der Waals surface area contributed by atoms with Crippen LogP contribution < -0.4 is 5.56 Å². The molecule has 0 radical (unpaired) electrons. The molecule has 0 aliphatic rings. The van der Waals surface area contributed by atoms with E-state index in [-0.39, 0.29) is 22.0 Å². The van der Waals surface area contributed by atoms with Gasteiger partial charge in [-0.2, -0.15) is 13.2 Å². The van der Waals surface area contributed by atoms with Crippen LogP contribution in [0.5, 0.6) is 0 Å². The molecule has 0 atom stereocenters. The Balaban J connectivity index is 2.46. The molecule has 0 unspecified atom stereocenters. The molecule has 0 spiro atoms. The molecule has 28 heavy (non-hydrogen) atoms. The lowest BCUT2D eigenvalue weighted by Gasteiger charge is -2.16. The van der Waals surface area contributed by atoms with Gasteiger partial charge in [0, 0.05) is 18.5 Å². The topological polar surface area (TPSA) is 53.0 Å². The monoisotopic (exact) mass is 435 g/mol. The maximum atomic E-state index is 14.8. The molecule has 0 aliphatic carbocycles. The van der Waals surface area contributed by atoms with Crippen molar-refractivity contribution < 1.29 is 22.0 Å². The van der Waals surface area contributed by atoms with Crippen LogP contribution in [0.4, 0.5) is 17.6 Å². The van der Waals surface area contributed by atoms with Crippen LogP contribution in [0.1, 0.15) is 32.4 Å². The fraction of sp³-hybridized carbons (Fsp3) is 0.353. The molecular weight excluding hydrogens is 422 g/mol. The third-order valence-electron chi connectivity index (χ3n) is 4.02. The lowest BCUT2D eigenvalue weighted by molar-refractivity contribution is -0.143. The van der Waals surface area contributed by atoms with Gasteiger partial charge < -0.3 is 8.98 Å². The highest BCUT2D eigenvalue weighted by molar-refractivity contribution is 7.71. The maximum absolute atomic E-state index is 14.8. The van der Waals surface area contributed by atoms with E-state index in [1.54, 1.807) is 20.8 Å². The van der Waals surface area contributed by atoms with Crippen LogP contribution >= 0.6 is 23.8 Å². The van der Waals surface area contributed by atoms with E-state index in [2.05, 4.69) is 4.98 Å². The van der Waals surface area contributed by atoms with Crippen molar-refractivity contribution in [3.05, 3.63) is 49.7 Å². The van der Waals surface area contributed by atoms with Gasteiger partial charge in [-0.15, -0.1) is 0 Å². The van der Waals surface area contributed by atoms with Crippen molar-refractivity contribution in [3.63, 3.8) is 0 Å². The molecule has 0 saturated heterocycles. The van der Waals surface area contributed by atoms with Gasteiger partial charge >= 0.3 is 6.18 Å². The minimum absolute atomic E-state index is 0.0641. The summed E-state index contributed by atoms with van der Waals surface area (Å²) >= 11 is 11.1. The van der Waals surface area contributed by atoms with Gasteiger partial charge in [-0.05, 0) is 18.3 Å². The van der Waals surface area contributed by atoms with Gasteiger partial charge in [0.05, 0.1) is 5.02 Å². The van der Waals surface area contributed by atoms with Crippen molar-refractivity contribution in [1.29, 1.82) is 0 Å². The Kier molecular flexibility index (Phi) is 4.70. The normalized spacial score (nSPS) is 12.8. The number of hydrogen-bond donors (Lipinski definition) is 0. The van der Waals surface area contributed by atoms with Crippen molar-refractivity contribution in [3.8, 4) is 5.69 Å². The molecule has 2 heterocycles. The molecule has 0 fully saturated rings. The summed E-state index contributed by atoms with van der Waals surface area (Å²) < 4.78 is 60.5. The van der Waals surface area contributed by atoms with Gasteiger partial charge in [-0.3, -0.25) is 4.79 Å². The Morgan fingerprint density at radius 2 is 1.82 bits per heavy atom. The molecule has 11 heteroatoms. The average Bonchev–Trinajstić information content (AvgIpc) is 2.98. The molecule has 5 nitrogen and oxygen atoms in total. The van der Waals surface area contributed by atoms with Gasteiger partial charge in [-0.1, -0.05) is 32.4 Å². The first-order valence-electron chi connectivity index (χ1n) is 7.93. The van der Waals surface area contributed by atoms with Gasteiger partial charge in [0.25, 0.3) is 5.56 Å². The van der Waals surface area contributed by atoms with Crippen LogP contribution in [-0.4, -0.2) is 14.1 Å². The molecule has 0 amide bonds. The third-order valence-corrected chi connectivity index (χ3v) is 4.77. The quantitative estimate of drug-likeness (QED) is 0.391. The number of alkyl halides is 3. The van der Waals surface area contributed by atoms with E-state index in [1.165, 1.54) is 0 Å². The number of hydrogen-bond acceptors (Lipinski definition) is 4. The zero-order valence-electron chi connectivity index (χ0n) is 15.1. The SMILES string of the molecule is Cn1c(C(F)(F)F)cc(=O)n(-c2c(F)cc(Cl)c3nc(C(C)(C)C)oc23)c1=S. The highest BCUT2D eigenvalue weighted by Crippen LogP contribution is 2.35. The predicted octanol–water partition coefficient (Wildman–Crippen LogP) is 5.16. The zero-order chi connectivity index (χ0) is 21.2. The first-order valence-corrected chi connectivity index (χ1v) is 8.71. The van der Waals surface area contributed by atoms with Crippen molar-refractivity contribution in [2.24, 2.45) is 7.05 Å². The van der Waals surface area contributed by atoms with E-state index in [9.17, 15) is 22.4 Å². The van der Waals surface area contributed by atoms with Crippen LogP contribution in [0.15, 0.2) is 21.3 Å². The van der Waals surface area contributed by atoms with E-state index in [4.69, 9.17) is 28.2 Å². The van der Waals surface area contributed by atoms with E-state index in [0.29, 0.717) is 15.2 Å². The summed E-state index contributed by atoms with van der Waals surface area (Å²) in [6.45, 7) is 5.39. The van der Waals surface area contributed by atoms with Crippen LogP contribution in [0, 0.1) is 10.6 Å². The summed E-state index contributed by atoms with van der Waals surface area (Å²) in [5, 5.41) is -0.0641. The van der Waals surface area contributed by atoms with Gasteiger partial charge in [-0.25, -0.2) is 13.9 Å². The third kappa shape index (κ3) is 3.24. The van der Waals surface area contributed by atoms with Crippen molar-refractivity contribution >= 4 is 34.9 Å². The summed E-state index contributed by atoms with van der Waals surface area (Å²) in [4.78, 5) is 16.7. The fourth-order valence-electron chi connectivity index (χ4n) is 2.63. The first kappa shape index (κ1) is 20.5. The van der Waals surface area contributed by atoms with Crippen molar-refractivity contribution in [1.82, 2.24) is 14.1 Å². The summed E-state index contributed by atoms with van der Waals surface area (Å²) in [5.74, 6) is -0.770. The number of nitrogens with zero attached hydrogens (tertiary/aromatic N) is 3. The summed E-state index contributed by atoms with van der Waals surface area (Å²) in [6.07, 6.45) is -4.81. The van der Waals surface area contributed by atoms with E-state index in [1.807, 2.05) is 0 Å². The smallest absolute Gasteiger partial charge is 0.431 e. The zero-order valence-corrected chi connectivity index (χ0v) is 16.7. The van der Waals surface area contributed by atoms with Gasteiger partial charge in [0.15, 0.2) is 16.2 Å². The Morgan fingerprint density at radius 1 is 1.21 bits per heavy atom. The van der Waals surface area contributed by atoms with E-state index < -0.39 is 39.1 Å². The second kappa shape index (κ2) is 6.41. The Bertz CT molecular complexity index is 1220. The lowest BCUT2D eigenvalue weighted by Crippen LogP contribution is -2.28. The summed E-state index contributed by atoms with van der Waals surface area (Å²) in [6, 6.07) is 1.25. The Labute approximate surface area is 166 Å². The average molecular weight is 436 g/mol. The molecule has 3 aromatic rings. The fourth-order valence-corrected chi connectivity index (χ4v) is 3.14. The summed E-state index contributed by atoms with van der Waals surface area (Å²) in [7, 11) is 1.03. The maximum Gasteiger partial charge on any atom is 0.431 e. The second-order valence-electron chi connectivity index (χ2n) is 7.18. The second-order valence-corrected chi connectivity index (χ2v) is 7.95. The van der Waals surface area contributed by atoms with Crippen LogP contribution in [0.25, 0.3) is 16.8 Å². The number of halogens is 5. The molecule has 0 saturated carbocycles. The molecule has 2 aromatic heterocycles. The number of rotatable bonds is 1. The minimum Gasteiger partial charge on any atom is -0.438 e. The van der Waals surface area contributed by atoms with Gasteiger partial charge in [0.1, 0.15) is 16.9 Å². The highest BCUT2D eigenvalue weighted by atomic mass is 35.5. The molecule has 1 aromatic carbocycles. The van der Waals surface area contributed by atoms with Crippen LogP contribution in [0.2, 0.25) is 5.02 Å². The van der Waals surface area contributed by atoms with Crippen molar-refractivity contribution in [2.75, 3.05) is 0 Å². The number of fused-ring (bicyclic) bond motifs is 1. The standard InChI is InChI=1S/C17H14ClF4N3O2S/c1-16(2,3)14-23-11-7(18)5-8(19)12(13(11)27-14)25-10(26)6-9(17(20,21)22)24(4)15(25)28/h5-6H,1-4H3. The lowest BCUT2D eigenvalue weighted by atomic mass is 9.97. The van der Waals surface area contributed by atoms with Gasteiger partial charge in [0.2, 0.25) is 5.89 Å². The number of oxazole rings is 1. The van der Waals surface area contributed by atoms with Crippen LogP contribution in [0.3, 0.4) is 0 Å². The minimum atomic E-state index is -4.81. The Hall–Kier alpha value is -2.20. The van der Waals surface area contributed by atoms with Crippen molar-refractivity contribution in [2.45, 2.75) is 32.4 Å². The summed E-state index contributed by atoms with van der Waals surface area (Å²) in [5.41, 5.74) is -3.52.